The predicted octanol–water partition coefficient (Wildman–Crippen LogP) is 5.19. The lowest BCUT2D eigenvalue weighted by Gasteiger charge is -2.07. The number of allylic oxidation sites excluding steroid dienone is 6. The largest absolute Gasteiger partial charge is 0.478 e. The standard InChI is InChI=1S/C20H32O3/c1-2-3-4-5-7-10-13-16-19(21)17-14-11-8-6-9-12-15-18-20(22)23/h6,8-9,11-12,14-15,18-19,21H,2-5,7,10,13,16-17H2,1H3,(H,22,23)/b8-6+,12-9+,14-11+,18-15+. The van der Waals surface area contributed by atoms with Crippen LogP contribution in [0.4, 0.5) is 0 Å². The molecule has 0 aromatic carbocycles. The van der Waals surface area contributed by atoms with Gasteiger partial charge in [-0.15, -0.1) is 0 Å². The minimum Gasteiger partial charge on any atom is -0.478 e. The van der Waals surface area contributed by atoms with Gasteiger partial charge in [-0.2, -0.15) is 0 Å². The lowest BCUT2D eigenvalue weighted by atomic mass is 10.0. The maximum Gasteiger partial charge on any atom is 0.328 e. The highest BCUT2D eigenvalue weighted by atomic mass is 16.4. The Hall–Kier alpha value is -1.61. The van der Waals surface area contributed by atoms with Gasteiger partial charge in [-0.3, -0.25) is 0 Å². The van der Waals surface area contributed by atoms with Crippen molar-refractivity contribution >= 4 is 5.97 Å². The Labute approximate surface area is 141 Å². The normalized spacial score (nSPS) is 13.8. The van der Waals surface area contributed by atoms with Crippen molar-refractivity contribution in [1.82, 2.24) is 0 Å². The van der Waals surface area contributed by atoms with Crippen LogP contribution in [-0.4, -0.2) is 22.3 Å². The molecule has 0 aliphatic carbocycles. The number of carboxylic acid groups (broad SMARTS) is 1. The molecule has 0 rings (SSSR count). The van der Waals surface area contributed by atoms with Crippen LogP contribution in [-0.2, 0) is 4.79 Å². The molecule has 0 aromatic heterocycles. The van der Waals surface area contributed by atoms with Gasteiger partial charge in [0.05, 0.1) is 6.10 Å². The number of aliphatic hydroxyl groups is 1. The Morgan fingerprint density at radius 3 is 2.09 bits per heavy atom. The molecule has 0 heterocycles. The van der Waals surface area contributed by atoms with Crippen LogP contribution in [0, 0.1) is 0 Å². The Morgan fingerprint density at radius 2 is 1.43 bits per heavy atom. The van der Waals surface area contributed by atoms with Gasteiger partial charge in [-0.1, -0.05) is 94.4 Å². The van der Waals surface area contributed by atoms with E-state index >= 15 is 0 Å². The molecule has 130 valence electrons. The van der Waals surface area contributed by atoms with Gasteiger partial charge in [0.1, 0.15) is 0 Å². The van der Waals surface area contributed by atoms with Crippen LogP contribution in [0.5, 0.6) is 0 Å². The van der Waals surface area contributed by atoms with Gasteiger partial charge < -0.3 is 10.2 Å². The number of rotatable bonds is 14. The highest BCUT2D eigenvalue weighted by Gasteiger charge is 2.00. The van der Waals surface area contributed by atoms with Crippen molar-refractivity contribution in [3.63, 3.8) is 0 Å². The van der Waals surface area contributed by atoms with Gasteiger partial charge in [0.15, 0.2) is 0 Å². The third-order valence-corrected chi connectivity index (χ3v) is 3.48. The zero-order valence-electron chi connectivity index (χ0n) is 14.4. The zero-order chi connectivity index (χ0) is 17.2. The van der Waals surface area contributed by atoms with Crippen molar-refractivity contribution in [3.8, 4) is 0 Å². The fraction of sp³-hybridized carbons (Fsp3) is 0.550. The van der Waals surface area contributed by atoms with E-state index in [1.165, 1.54) is 44.6 Å². The van der Waals surface area contributed by atoms with Crippen LogP contribution in [0.3, 0.4) is 0 Å². The van der Waals surface area contributed by atoms with E-state index < -0.39 is 5.97 Å². The lowest BCUT2D eigenvalue weighted by molar-refractivity contribution is -0.131. The Morgan fingerprint density at radius 1 is 0.870 bits per heavy atom. The fourth-order valence-electron chi connectivity index (χ4n) is 2.16. The summed E-state index contributed by atoms with van der Waals surface area (Å²) in [6.45, 7) is 2.23. The molecule has 0 aromatic rings. The van der Waals surface area contributed by atoms with Crippen LogP contribution in [0.15, 0.2) is 48.6 Å². The second kappa shape index (κ2) is 16.8. The predicted molar refractivity (Wildman–Crippen MR) is 97.4 cm³/mol. The van der Waals surface area contributed by atoms with Crippen molar-refractivity contribution in [3.05, 3.63) is 48.6 Å². The van der Waals surface area contributed by atoms with E-state index in [0.717, 1.165) is 18.9 Å². The zero-order valence-corrected chi connectivity index (χ0v) is 14.4. The number of carboxylic acids is 1. The summed E-state index contributed by atoms with van der Waals surface area (Å²) in [6.07, 6.45) is 23.8. The first-order valence-corrected chi connectivity index (χ1v) is 8.74. The number of hydrogen-bond acceptors (Lipinski definition) is 2. The quantitative estimate of drug-likeness (QED) is 0.263. The molecule has 0 aliphatic heterocycles. The molecule has 0 saturated heterocycles. The molecule has 0 aliphatic rings. The minimum atomic E-state index is -0.950. The molecule has 0 radical (unpaired) electrons. The van der Waals surface area contributed by atoms with Gasteiger partial charge in [0.25, 0.3) is 0 Å². The first-order valence-electron chi connectivity index (χ1n) is 8.74. The van der Waals surface area contributed by atoms with Crippen LogP contribution < -0.4 is 0 Å². The lowest BCUT2D eigenvalue weighted by Crippen LogP contribution is -2.04. The molecule has 3 heteroatoms. The van der Waals surface area contributed by atoms with Gasteiger partial charge in [0, 0.05) is 6.08 Å². The third kappa shape index (κ3) is 18.3. The first kappa shape index (κ1) is 21.4. The van der Waals surface area contributed by atoms with Crippen molar-refractivity contribution < 1.29 is 15.0 Å². The number of aliphatic carboxylic acids is 1. The minimum absolute atomic E-state index is 0.246. The van der Waals surface area contributed by atoms with Gasteiger partial charge in [0.2, 0.25) is 0 Å². The molecular formula is C20H32O3. The molecule has 1 atom stereocenters. The van der Waals surface area contributed by atoms with E-state index in [-0.39, 0.29) is 6.10 Å². The Balaban J connectivity index is 3.57. The third-order valence-electron chi connectivity index (χ3n) is 3.48. The number of carbonyl (C=O) groups is 1. The average molecular weight is 320 g/mol. The highest BCUT2D eigenvalue weighted by molar-refractivity contribution is 5.80. The Bertz CT molecular complexity index is 392. The van der Waals surface area contributed by atoms with Gasteiger partial charge in [-0.25, -0.2) is 4.79 Å². The maximum atomic E-state index is 10.2. The second-order valence-corrected chi connectivity index (χ2v) is 5.69. The fourth-order valence-corrected chi connectivity index (χ4v) is 2.16. The van der Waals surface area contributed by atoms with Crippen LogP contribution in [0.1, 0.15) is 64.7 Å². The van der Waals surface area contributed by atoms with Crippen molar-refractivity contribution in [2.45, 2.75) is 70.8 Å². The number of aliphatic hydroxyl groups excluding tert-OH is 1. The van der Waals surface area contributed by atoms with Crippen LogP contribution in [0.2, 0.25) is 0 Å². The molecule has 0 amide bonds. The number of hydrogen-bond donors (Lipinski definition) is 2. The molecule has 2 N–H and O–H groups in total. The molecule has 23 heavy (non-hydrogen) atoms. The van der Waals surface area contributed by atoms with E-state index in [2.05, 4.69) is 6.92 Å². The summed E-state index contributed by atoms with van der Waals surface area (Å²) in [5.41, 5.74) is 0. The van der Waals surface area contributed by atoms with Gasteiger partial charge >= 0.3 is 5.97 Å². The van der Waals surface area contributed by atoms with E-state index in [4.69, 9.17) is 5.11 Å². The average Bonchev–Trinajstić information content (AvgIpc) is 2.52. The van der Waals surface area contributed by atoms with Crippen molar-refractivity contribution in [1.29, 1.82) is 0 Å². The second-order valence-electron chi connectivity index (χ2n) is 5.69. The summed E-state index contributed by atoms with van der Waals surface area (Å²) in [7, 11) is 0. The molecule has 3 nitrogen and oxygen atoms in total. The molecule has 0 spiro atoms. The smallest absolute Gasteiger partial charge is 0.328 e. The van der Waals surface area contributed by atoms with Gasteiger partial charge in [-0.05, 0) is 12.8 Å². The summed E-state index contributed by atoms with van der Waals surface area (Å²) < 4.78 is 0. The topological polar surface area (TPSA) is 57.5 Å². The van der Waals surface area contributed by atoms with Crippen LogP contribution >= 0.6 is 0 Å². The van der Waals surface area contributed by atoms with E-state index in [0.29, 0.717) is 6.42 Å². The SMILES string of the molecule is CCCCCCCCCC(O)C/C=C/C=C/C=C/C=C/C(=O)O. The molecule has 0 bridgehead atoms. The molecule has 0 fully saturated rings. The summed E-state index contributed by atoms with van der Waals surface area (Å²) in [4.78, 5) is 10.2. The van der Waals surface area contributed by atoms with E-state index in [9.17, 15) is 9.90 Å². The van der Waals surface area contributed by atoms with Crippen LogP contribution in [0.25, 0.3) is 0 Å². The maximum absolute atomic E-state index is 10.2. The summed E-state index contributed by atoms with van der Waals surface area (Å²) in [6, 6.07) is 0. The van der Waals surface area contributed by atoms with E-state index in [1.54, 1.807) is 12.2 Å². The number of unbranched alkanes of at least 4 members (excludes halogenated alkanes) is 6. The molecule has 0 saturated carbocycles. The summed E-state index contributed by atoms with van der Waals surface area (Å²) in [5.74, 6) is -0.950. The van der Waals surface area contributed by atoms with Crippen molar-refractivity contribution in [2.75, 3.05) is 0 Å². The highest BCUT2D eigenvalue weighted by Crippen LogP contribution is 2.11. The Kier molecular flexibility index (Phi) is 15.6. The first-order chi connectivity index (χ1) is 11.2. The molecule has 1 unspecified atom stereocenters. The summed E-state index contributed by atoms with van der Waals surface area (Å²) in [5, 5.41) is 18.3. The van der Waals surface area contributed by atoms with Crippen molar-refractivity contribution in [2.24, 2.45) is 0 Å². The monoisotopic (exact) mass is 320 g/mol. The van der Waals surface area contributed by atoms with E-state index in [1.807, 2.05) is 24.3 Å². The summed E-state index contributed by atoms with van der Waals surface area (Å²) >= 11 is 0. The molecular weight excluding hydrogens is 288 g/mol.